The summed E-state index contributed by atoms with van der Waals surface area (Å²) in [5, 5.41) is 10.6. The molecule has 3 aliphatic rings. The lowest BCUT2D eigenvalue weighted by molar-refractivity contribution is -0.144. The summed E-state index contributed by atoms with van der Waals surface area (Å²) in [4.78, 5) is 45.0. The first-order valence-electron chi connectivity index (χ1n) is 14.7. The third-order valence-corrected chi connectivity index (χ3v) is 8.55. The molecule has 2 saturated heterocycles. The number of carbonyl (C=O) groups excluding carboxylic acids is 2. The molecule has 3 N–H and O–H groups in total. The van der Waals surface area contributed by atoms with Crippen LogP contribution in [0.5, 0.6) is 17.2 Å². The molecule has 0 bridgehead atoms. The number of nitrogens with two attached hydrogens (primary N) is 1. The van der Waals surface area contributed by atoms with Crippen LogP contribution in [0.3, 0.4) is 0 Å². The van der Waals surface area contributed by atoms with E-state index in [4.69, 9.17) is 19.9 Å². The molecule has 5 rings (SSSR count). The van der Waals surface area contributed by atoms with Crippen LogP contribution in [0.15, 0.2) is 36.4 Å². The molecule has 3 atom stereocenters. The van der Waals surface area contributed by atoms with Gasteiger partial charge in [0.1, 0.15) is 0 Å². The van der Waals surface area contributed by atoms with Crippen LogP contribution in [-0.4, -0.2) is 85.4 Å². The normalized spacial score (nSPS) is 21.6. The van der Waals surface area contributed by atoms with Gasteiger partial charge in [-0.25, -0.2) is 0 Å². The molecule has 2 fully saturated rings. The summed E-state index contributed by atoms with van der Waals surface area (Å²) >= 11 is 0. The first-order chi connectivity index (χ1) is 20.3. The summed E-state index contributed by atoms with van der Waals surface area (Å²) in [6.07, 6.45) is 2.93. The number of anilines is 1. The summed E-state index contributed by atoms with van der Waals surface area (Å²) < 4.78 is 16.7. The van der Waals surface area contributed by atoms with E-state index in [1.807, 2.05) is 29.2 Å². The number of methoxy groups -OCH3 is 1. The van der Waals surface area contributed by atoms with Crippen LogP contribution in [0.1, 0.15) is 49.7 Å². The molecule has 0 aromatic heterocycles. The zero-order chi connectivity index (χ0) is 29.8. The Balaban J connectivity index is 1.48. The first kappa shape index (κ1) is 29.7. The number of nitrogens with zero attached hydrogens (tertiary/aromatic N) is 3. The van der Waals surface area contributed by atoms with Gasteiger partial charge in [-0.2, -0.15) is 0 Å². The van der Waals surface area contributed by atoms with E-state index >= 15 is 0 Å². The van der Waals surface area contributed by atoms with Crippen molar-refractivity contribution in [3.05, 3.63) is 47.5 Å². The average molecular weight is 581 g/mol. The molecule has 226 valence electrons. The number of carbonyl (C=O) groups is 3. The minimum Gasteiger partial charge on any atom is -0.493 e. The standard InChI is InChI=1S/C31H40N4O7/c1-3-4-11-35(22-8-5-7-20(12-22)15-32)28(37)18-34-16-23(21-13-25(40-2)30-26(14-21)41-19-42-30)29(31(38)39)24(34)17-33-10-6-9-27(33)36/h5,7-8,12-14,23-24,29H,3-4,6,9-11,15-19,32H2,1-2H3,(H,38,39)/t23-,24+,29-/m1/s1. The zero-order valence-electron chi connectivity index (χ0n) is 24.3. The lowest BCUT2D eigenvalue weighted by atomic mass is 9.84. The van der Waals surface area contributed by atoms with E-state index in [2.05, 4.69) is 6.92 Å². The number of hydrogen-bond donors (Lipinski definition) is 2. The number of benzene rings is 2. The van der Waals surface area contributed by atoms with Crippen LogP contribution in [0, 0.1) is 5.92 Å². The van der Waals surface area contributed by atoms with Crippen LogP contribution >= 0.6 is 0 Å². The molecule has 0 aliphatic carbocycles. The molecular weight excluding hydrogens is 540 g/mol. The Kier molecular flexibility index (Phi) is 9.18. The van der Waals surface area contributed by atoms with E-state index in [-0.39, 0.29) is 31.7 Å². The molecule has 3 heterocycles. The third-order valence-electron chi connectivity index (χ3n) is 8.55. The van der Waals surface area contributed by atoms with Gasteiger partial charge >= 0.3 is 5.97 Å². The Hall–Kier alpha value is -3.83. The van der Waals surface area contributed by atoms with Gasteiger partial charge < -0.3 is 34.9 Å². The van der Waals surface area contributed by atoms with Crippen LogP contribution in [0.2, 0.25) is 0 Å². The summed E-state index contributed by atoms with van der Waals surface area (Å²) in [5.41, 5.74) is 8.31. The summed E-state index contributed by atoms with van der Waals surface area (Å²) in [6.45, 7) is 4.21. The highest BCUT2D eigenvalue weighted by Crippen LogP contribution is 2.47. The number of carboxylic acid groups (broad SMARTS) is 1. The Bertz CT molecular complexity index is 1320. The van der Waals surface area contributed by atoms with Gasteiger partial charge in [0.05, 0.1) is 19.6 Å². The Morgan fingerprint density at radius 3 is 2.74 bits per heavy atom. The van der Waals surface area contributed by atoms with Crippen molar-refractivity contribution in [2.75, 3.05) is 51.5 Å². The van der Waals surface area contributed by atoms with E-state index in [9.17, 15) is 19.5 Å². The molecule has 11 nitrogen and oxygen atoms in total. The average Bonchev–Trinajstić information content (AvgIpc) is 3.72. The van der Waals surface area contributed by atoms with Gasteiger partial charge in [0, 0.05) is 56.8 Å². The van der Waals surface area contributed by atoms with Crippen molar-refractivity contribution in [1.82, 2.24) is 9.80 Å². The lowest BCUT2D eigenvalue weighted by Gasteiger charge is -2.32. The molecular formula is C31H40N4O7. The molecule has 2 aromatic carbocycles. The predicted molar refractivity (Wildman–Crippen MR) is 156 cm³/mol. The molecule has 0 unspecified atom stereocenters. The molecule has 2 aromatic rings. The number of unbranched alkanes of at least 4 members (excludes halogenated alkanes) is 1. The second-order valence-corrected chi connectivity index (χ2v) is 11.1. The van der Waals surface area contributed by atoms with Gasteiger partial charge in [-0.3, -0.25) is 19.3 Å². The highest BCUT2D eigenvalue weighted by molar-refractivity contribution is 5.95. The largest absolute Gasteiger partial charge is 0.493 e. The van der Waals surface area contributed by atoms with Crippen molar-refractivity contribution in [3.8, 4) is 17.2 Å². The molecule has 3 aliphatic heterocycles. The highest BCUT2D eigenvalue weighted by Gasteiger charge is 2.49. The monoisotopic (exact) mass is 580 g/mol. The van der Waals surface area contributed by atoms with Crippen molar-refractivity contribution >= 4 is 23.5 Å². The first-order valence-corrected chi connectivity index (χ1v) is 14.7. The topological polar surface area (TPSA) is 135 Å². The zero-order valence-corrected chi connectivity index (χ0v) is 24.3. The maximum Gasteiger partial charge on any atom is 0.308 e. The molecule has 2 amide bonds. The van der Waals surface area contributed by atoms with Crippen LogP contribution in [0.4, 0.5) is 5.69 Å². The molecule has 0 radical (unpaired) electrons. The second kappa shape index (κ2) is 13.0. The van der Waals surface area contributed by atoms with Crippen molar-refractivity contribution < 1.29 is 33.7 Å². The summed E-state index contributed by atoms with van der Waals surface area (Å²) in [7, 11) is 1.53. The number of carboxylic acids is 1. The van der Waals surface area contributed by atoms with Gasteiger partial charge in [-0.1, -0.05) is 25.5 Å². The maximum atomic E-state index is 14.0. The van der Waals surface area contributed by atoms with Crippen LogP contribution in [-0.2, 0) is 20.9 Å². The second-order valence-electron chi connectivity index (χ2n) is 11.1. The van der Waals surface area contributed by atoms with E-state index in [1.165, 1.54) is 7.11 Å². The maximum absolute atomic E-state index is 14.0. The third kappa shape index (κ3) is 6.03. The van der Waals surface area contributed by atoms with E-state index < -0.39 is 23.8 Å². The van der Waals surface area contributed by atoms with Crippen molar-refractivity contribution in [2.45, 2.75) is 51.1 Å². The molecule has 11 heteroatoms. The number of hydrogen-bond acceptors (Lipinski definition) is 8. The minimum atomic E-state index is -0.971. The number of likely N-dealkylation sites (tertiary alicyclic amines) is 2. The van der Waals surface area contributed by atoms with Gasteiger partial charge in [-0.15, -0.1) is 0 Å². The van der Waals surface area contributed by atoms with E-state index in [0.29, 0.717) is 49.8 Å². The van der Waals surface area contributed by atoms with Crippen LogP contribution in [0.25, 0.3) is 0 Å². The van der Waals surface area contributed by atoms with E-state index in [0.717, 1.165) is 36.1 Å². The van der Waals surface area contributed by atoms with Gasteiger partial charge in [0.25, 0.3) is 0 Å². The highest BCUT2D eigenvalue weighted by atomic mass is 16.7. The number of fused-ring (bicyclic) bond motifs is 1. The van der Waals surface area contributed by atoms with Gasteiger partial charge in [-0.05, 0) is 48.2 Å². The Morgan fingerprint density at radius 1 is 1.21 bits per heavy atom. The van der Waals surface area contributed by atoms with E-state index in [1.54, 1.807) is 21.9 Å². The fourth-order valence-electron chi connectivity index (χ4n) is 6.37. The molecule has 42 heavy (non-hydrogen) atoms. The van der Waals surface area contributed by atoms with Crippen molar-refractivity contribution in [1.29, 1.82) is 0 Å². The quantitative estimate of drug-likeness (QED) is 0.389. The summed E-state index contributed by atoms with van der Waals surface area (Å²) in [5.74, 6) is -0.946. The van der Waals surface area contributed by atoms with Crippen LogP contribution < -0.4 is 24.8 Å². The van der Waals surface area contributed by atoms with Gasteiger partial charge in [0.15, 0.2) is 11.5 Å². The molecule has 0 spiro atoms. The number of aliphatic carboxylic acids is 1. The Morgan fingerprint density at radius 2 is 2.05 bits per heavy atom. The van der Waals surface area contributed by atoms with Gasteiger partial charge in [0.2, 0.25) is 24.4 Å². The molecule has 0 saturated carbocycles. The number of amides is 2. The fraction of sp³-hybridized carbons (Fsp3) is 0.516. The fourth-order valence-corrected chi connectivity index (χ4v) is 6.37. The Labute approximate surface area is 246 Å². The number of rotatable bonds is 12. The summed E-state index contributed by atoms with van der Waals surface area (Å²) in [6, 6.07) is 10.7. The minimum absolute atomic E-state index is 0.0155. The smallest absolute Gasteiger partial charge is 0.308 e. The number of ether oxygens (including phenoxy) is 3. The predicted octanol–water partition coefficient (Wildman–Crippen LogP) is 2.81. The lowest BCUT2D eigenvalue weighted by Crippen LogP contribution is -2.49. The van der Waals surface area contributed by atoms with Crippen molar-refractivity contribution in [2.24, 2.45) is 11.7 Å². The SMILES string of the molecule is CCCCN(C(=O)CN1C[C@H](c2cc(OC)c3c(c2)OCO3)[C@@H](C(=O)O)[C@@H]1CN1CCCC1=O)c1cccc(CN)c1. The van der Waals surface area contributed by atoms with Crippen molar-refractivity contribution in [3.63, 3.8) is 0 Å².